The monoisotopic (exact) mass is 296 g/mol. The maximum absolute atomic E-state index is 11.8. The molecule has 0 bridgehead atoms. The van der Waals surface area contributed by atoms with E-state index < -0.39 is 10.2 Å². The molecule has 0 saturated heterocycles. The molecule has 0 unspecified atom stereocenters. The predicted octanol–water partition coefficient (Wildman–Crippen LogP) is -1.06. The molecule has 0 aromatic carbocycles. The molecule has 0 aliphatic carbocycles. The molecule has 0 spiro atoms. The van der Waals surface area contributed by atoms with Crippen LogP contribution < -0.4 is 10.0 Å². The molecular weight excluding hydrogens is 268 g/mol. The lowest BCUT2D eigenvalue weighted by Crippen LogP contribution is -2.40. The summed E-state index contributed by atoms with van der Waals surface area (Å²) < 4.78 is 32.8. The molecule has 0 aliphatic rings. The average molecular weight is 296 g/mol. The summed E-state index contributed by atoms with van der Waals surface area (Å²) in [5.74, 6) is 0. The molecular formula is C11H28N4O3S. The predicted molar refractivity (Wildman–Crippen MR) is 77.5 cm³/mol. The quantitative estimate of drug-likeness (QED) is 0.449. The van der Waals surface area contributed by atoms with E-state index in [0.29, 0.717) is 26.3 Å². The maximum Gasteiger partial charge on any atom is 0.279 e. The molecule has 8 heteroatoms. The van der Waals surface area contributed by atoms with Gasteiger partial charge in [-0.1, -0.05) is 0 Å². The van der Waals surface area contributed by atoms with Gasteiger partial charge < -0.3 is 15.0 Å². The zero-order valence-corrected chi connectivity index (χ0v) is 13.3. The van der Waals surface area contributed by atoms with E-state index in [1.165, 1.54) is 4.31 Å². The number of rotatable bonds is 12. The van der Waals surface area contributed by atoms with Crippen molar-refractivity contribution in [3.05, 3.63) is 0 Å². The molecule has 0 saturated carbocycles. The van der Waals surface area contributed by atoms with Gasteiger partial charge in [0.1, 0.15) is 0 Å². The Bertz CT molecular complexity index is 309. The molecule has 0 aliphatic heterocycles. The van der Waals surface area contributed by atoms with Crippen LogP contribution in [0.5, 0.6) is 0 Å². The summed E-state index contributed by atoms with van der Waals surface area (Å²) in [7, 11) is 3.97. The maximum atomic E-state index is 11.8. The van der Waals surface area contributed by atoms with Crippen molar-refractivity contribution < 1.29 is 13.2 Å². The summed E-state index contributed by atoms with van der Waals surface area (Å²) >= 11 is 0. The number of likely N-dealkylation sites (N-methyl/N-ethyl adjacent to an activating group) is 1. The molecule has 0 heterocycles. The van der Waals surface area contributed by atoms with E-state index in [-0.39, 0.29) is 0 Å². The standard InChI is InChI=1S/C11H28N4O3S/c1-12-6-5-8-15(4)19(16,17)13-7-10-18-11-9-14(2)3/h12-13H,5-11H2,1-4H3. The van der Waals surface area contributed by atoms with Crippen LogP contribution in [0.25, 0.3) is 0 Å². The fourth-order valence-electron chi connectivity index (χ4n) is 1.30. The van der Waals surface area contributed by atoms with Gasteiger partial charge in [-0.25, -0.2) is 0 Å². The minimum Gasteiger partial charge on any atom is -0.379 e. The highest BCUT2D eigenvalue weighted by Crippen LogP contribution is 1.94. The lowest BCUT2D eigenvalue weighted by molar-refractivity contribution is 0.122. The Kier molecular flexibility index (Phi) is 10.4. The third-order valence-electron chi connectivity index (χ3n) is 2.52. The second-order valence-electron chi connectivity index (χ2n) is 4.59. The third kappa shape index (κ3) is 10.2. The van der Waals surface area contributed by atoms with Gasteiger partial charge in [-0.15, -0.1) is 0 Å². The van der Waals surface area contributed by atoms with Crippen LogP contribution in [-0.2, 0) is 14.9 Å². The largest absolute Gasteiger partial charge is 0.379 e. The number of hydrogen-bond donors (Lipinski definition) is 2. The van der Waals surface area contributed by atoms with E-state index in [9.17, 15) is 8.42 Å². The van der Waals surface area contributed by atoms with Crippen molar-refractivity contribution in [3.8, 4) is 0 Å². The van der Waals surface area contributed by atoms with Crippen LogP contribution >= 0.6 is 0 Å². The van der Waals surface area contributed by atoms with E-state index in [1.807, 2.05) is 26.0 Å². The Morgan fingerprint density at radius 1 is 1.05 bits per heavy atom. The Labute approximate surface area is 117 Å². The van der Waals surface area contributed by atoms with Gasteiger partial charge in [0.2, 0.25) is 0 Å². The third-order valence-corrected chi connectivity index (χ3v) is 4.10. The minimum absolute atomic E-state index is 0.298. The first-order valence-electron chi connectivity index (χ1n) is 6.48. The van der Waals surface area contributed by atoms with Gasteiger partial charge in [-0.05, 0) is 34.1 Å². The van der Waals surface area contributed by atoms with Crippen LogP contribution in [0.2, 0.25) is 0 Å². The van der Waals surface area contributed by atoms with E-state index in [0.717, 1.165) is 19.5 Å². The highest BCUT2D eigenvalue weighted by molar-refractivity contribution is 7.87. The molecule has 7 nitrogen and oxygen atoms in total. The second kappa shape index (κ2) is 10.5. The van der Waals surface area contributed by atoms with Gasteiger partial charge in [-0.3, -0.25) is 0 Å². The molecule has 0 atom stereocenters. The first-order chi connectivity index (χ1) is 8.90. The van der Waals surface area contributed by atoms with Crippen LogP contribution in [0.1, 0.15) is 6.42 Å². The zero-order chi connectivity index (χ0) is 14.7. The molecule has 0 aromatic rings. The molecule has 0 fully saturated rings. The lowest BCUT2D eigenvalue weighted by atomic mass is 10.4. The van der Waals surface area contributed by atoms with Gasteiger partial charge >= 0.3 is 0 Å². The molecule has 2 N–H and O–H groups in total. The SMILES string of the molecule is CNCCCN(C)S(=O)(=O)NCCOCCN(C)C. The highest BCUT2D eigenvalue weighted by Gasteiger charge is 2.15. The molecule has 0 amide bonds. The fraction of sp³-hybridized carbons (Fsp3) is 1.00. The van der Waals surface area contributed by atoms with Gasteiger partial charge in [0, 0.05) is 26.7 Å². The second-order valence-corrected chi connectivity index (χ2v) is 6.46. The summed E-state index contributed by atoms with van der Waals surface area (Å²) in [6.45, 7) is 3.41. The van der Waals surface area contributed by atoms with Crippen LogP contribution in [0.4, 0.5) is 0 Å². The zero-order valence-electron chi connectivity index (χ0n) is 12.5. The number of ether oxygens (including phenoxy) is 1. The minimum atomic E-state index is -3.38. The first-order valence-corrected chi connectivity index (χ1v) is 7.92. The molecule has 0 radical (unpaired) electrons. The highest BCUT2D eigenvalue weighted by atomic mass is 32.2. The van der Waals surface area contributed by atoms with E-state index in [1.54, 1.807) is 7.05 Å². The summed E-state index contributed by atoms with van der Waals surface area (Å²) in [4.78, 5) is 2.01. The lowest BCUT2D eigenvalue weighted by Gasteiger charge is -2.17. The van der Waals surface area contributed by atoms with Crippen LogP contribution in [0.3, 0.4) is 0 Å². The van der Waals surface area contributed by atoms with Crippen molar-refractivity contribution in [1.29, 1.82) is 0 Å². The normalized spacial score (nSPS) is 12.5. The van der Waals surface area contributed by atoms with Gasteiger partial charge in [0.25, 0.3) is 10.2 Å². The Hall–Kier alpha value is -0.250. The number of nitrogens with one attached hydrogen (secondary N) is 2. The van der Waals surface area contributed by atoms with Crippen molar-refractivity contribution in [2.24, 2.45) is 0 Å². The Balaban J connectivity index is 3.72. The van der Waals surface area contributed by atoms with Crippen molar-refractivity contribution in [1.82, 2.24) is 19.2 Å². The summed E-state index contributed by atoms with van der Waals surface area (Å²) in [6.07, 6.45) is 0.785. The first kappa shape index (κ1) is 18.8. The number of nitrogens with zero attached hydrogens (tertiary/aromatic N) is 2. The molecule has 116 valence electrons. The van der Waals surface area contributed by atoms with Crippen LogP contribution in [-0.4, -0.2) is 85.2 Å². The molecule has 19 heavy (non-hydrogen) atoms. The van der Waals surface area contributed by atoms with E-state index >= 15 is 0 Å². The van der Waals surface area contributed by atoms with Crippen molar-refractivity contribution in [2.75, 3.05) is 67.6 Å². The fourth-order valence-corrected chi connectivity index (χ4v) is 2.23. The Morgan fingerprint density at radius 2 is 1.74 bits per heavy atom. The van der Waals surface area contributed by atoms with Crippen molar-refractivity contribution in [3.63, 3.8) is 0 Å². The molecule has 0 rings (SSSR count). The van der Waals surface area contributed by atoms with E-state index in [2.05, 4.69) is 10.0 Å². The summed E-state index contributed by atoms with van der Waals surface area (Å²) in [5, 5.41) is 2.98. The van der Waals surface area contributed by atoms with E-state index in [4.69, 9.17) is 4.74 Å². The van der Waals surface area contributed by atoms with Gasteiger partial charge in [-0.2, -0.15) is 17.4 Å². The van der Waals surface area contributed by atoms with Gasteiger partial charge in [0.05, 0.1) is 13.2 Å². The van der Waals surface area contributed by atoms with Crippen LogP contribution in [0.15, 0.2) is 0 Å². The van der Waals surface area contributed by atoms with Crippen LogP contribution in [0, 0.1) is 0 Å². The number of hydrogen-bond acceptors (Lipinski definition) is 5. The average Bonchev–Trinajstić information content (AvgIpc) is 2.33. The Morgan fingerprint density at radius 3 is 2.32 bits per heavy atom. The van der Waals surface area contributed by atoms with Gasteiger partial charge in [0.15, 0.2) is 0 Å². The topological polar surface area (TPSA) is 73.9 Å². The summed E-state index contributed by atoms with van der Waals surface area (Å²) in [6, 6.07) is 0. The molecule has 0 aromatic heterocycles. The summed E-state index contributed by atoms with van der Waals surface area (Å²) in [5.41, 5.74) is 0. The van der Waals surface area contributed by atoms with Crippen molar-refractivity contribution in [2.45, 2.75) is 6.42 Å². The smallest absolute Gasteiger partial charge is 0.279 e. The van der Waals surface area contributed by atoms with Crippen molar-refractivity contribution >= 4 is 10.2 Å².